The first-order valence-electron chi connectivity index (χ1n) is 8.71. The van der Waals surface area contributed by atoms with Crippen LogP contribution in [0.15, 0.2) is 30.3 Å². The van der Waals surface area contributed by atoms with Crippen LogP contribution >= 0.6 is 0 Å². The van der Waals surface area contributed by atoms with Gasteiger partial charge in [-0.25, -0.2) is 0 Å². The molecule has 0 aliphatic rings. The molecule has 1 rings (SSSR count). The number of amides is 1. The Balaban J connectivity index is 2.71. The number of benzene rings is 1. The van der Waals surface area contributed by atoms with Gasteiger partial charge in [-0.2, -0.15) is 0 Å². The van der Waals surface area contributed by atoms with E-state index in [2.05, 4.69) is 19.2 Å². The van der Waals surface area contributed by atoms with E-state index in [1.807, 2.05) is 51.1 Å². The predicted octanol–water partition coefficient (Wildman–Crippen LogP) is 3.74. The van der Waals surface area contributed by atoms with E-state index < -0.39 is 11.5 Å². The maximum absolute atomic E-state index is 12.5. The van der Waals surface area contributed by atoms with Crippen LogP contribution in [0.2, 0.25) is 0 Å². The Morgan fingerprint density at radius 1 is 1.12 bits per heavy atom. The quantitative estimate of drug-likeness (QED) is 0.737. The molecule has 1 aromatic carbocycles. The van der Waals surface area contributed by atoms with Crippen LogP contribution < -0.4 is 5.32 Å². The molecule has 24 heavy (non-hydrogen) atoms. The molecule has 0 saturated carbocycles. The van der Waals surface area contributed by atoms with Crippen LogP contribution in [0.25, 0.3) is 0 Å². The Morgan fingerprint density at radius 3 is 2.29 bits per heavy atom. The Kier molecular flexibility index (Phi) is 7.96. The monoisotopic (exact) mass is 333 g/mol. The molecular weight excluding hydrogens is 302 g/mol. The van der Waals surface area contributed by atoms with E-state index in [1.165, 1.54) is 0 Å². The zero-order valence-electron chi connectivity index (χ0n) is 15.6. The summed E-state index contributed by atoms with van der Waals surface area (Å²) >= 11 is 0. The van der Waals surface area contributed by atoms with Gasteiger partial charge in [0.25, 0.3) is 0 Å². The van der Waals surface area contributed by atoms with E-state index in [1.54, 1.807) is 0 Å². The molecule has 0 spiro atoms. The summed E-state index contributed by atoms with van der Waals surface area (Å²) in [5.41, 5.74) is 0.507. The summed E-state index contributed by atoms with van der Waals surface area (Å²) in [6, 6.07) is 9.77. The lowest BCUT2D eigenvalue weighted by Gasteiger charge is -2.22. The lowest BCUT2D eigenvalue weighted by molar-refractivity contribution is -0.157. The van der Waals surface area contributed by atoms with Crippen molar-refractivity contribution in [3.63, 3.8) is 0 Å². The molecule has 0 aliphatic heterocycles. The number of carbonyl (C=O) groups is 2. The van der Waals surface area contributed by atoms with Crippen molar-refractivity contribution in [1.29, 1.82) is 0 Å². The van der Waals surface area contributed by atoms with Gasteiger partial charge in [-0.15, -0.1) is 0 Å². The number of carbonyl (C=O) groups excluding carboxylic acids is 2. The van der Waals surface area contributed by atoms with Crippen LogP contribution in [0.5, 0.6) is 0 Å². The number of ether oxygens (including phenoxy) is 1. The molecule has 0 aliphatic carbocycles. The highest BCUT2D eigenvalue weighted by atomic mass is 16.6. The van der Waals surface area contributed by atoms with Crippen molar-refractivity contribution >= 4 is 11.9 Å². The van der Waals surface area contributed by atoms with Crippen LogP contribution in [-0.2, 0) is 20.7 Å². The average molecular weight is 333 g/mol. The molecule has 134 valence electrons. The topological polar surface area (TPSA) is 55.4 Å². The molecule has 0 radical (unpaired) electrons. The lowest BCUT2D eigenvalue weighted by Crippen LogP contribution is -2.35. The first-order chi connectivity index (χ1) is 11.2. The lowest BCUT2D eigenvalue weighted by atomic mass is 9.95. The summed E-state index contributed by atoms with van der Waals surface area (Å²) in [6.45, 7) is 10.4. The van der Waals surface area contributed by atoms with Gasteiger partial charge in [0.15, 0.2) is 0 Å². The van der Waals surface area contributed by atoms with E-state index >= 15 is 0 Å². The molecule has 4 heteroatoms. The van der Waals surface area contributed by atoms with Gasteiger partial charge in [-0.3, -0.25) is 9.59 Å². The fraction of sp³-hybridized carbons (Fsp3) is 0.600. The second-order valence-electron chi connectivity index (χ2n) is 7.65. The van der Waals surface area contributed by atoms with Crippen molar-refractivity contribution in [2.75, 3.05) is 6.54 Å². The normalized spacial score (nSPS) is 12.8. The average Bonchev–Trinajstić information content (AvgIpc) is 2.45. The van der Waals surface area contributed by atoms with Crippen molar-refractivity contribution in [3.8, 4) is 0 Å². The van der Waals surface area contributed by atoms with Crippen LogP contribution in [0, 0.1) is 11.8 Å². The van der Waals surface area contributed by atoms with Gasteiger partial charge in [0.05, 0.1) is 12.3 Å². The number of hydrogen-bond acceptors (Lipinski definition) is 3. The molecule has 1 amide bonds. The summed E-state index contributed by atoms with van der Waals surface area (Å²) in [6.07, 6.45) is 1.56. The minimum atomic E-state index is -0.539. The number of nitrogens with one attached hydrogen (secondary N) is 1. The second kappa shape index (κ2) is 9.45. The molecule has 1 unspecified atom stereocenters. The van der Waals surface area contributed by atoms with Gasteiger partial charge >= 0.3 is 5.97 Å². The van der Waals surface area contributed by atoms with Gasteiger partial charge in [0.2, 0.25) is 5.91 Å². The summed E-state index contributed by atoms with van der Waals surface area (Å²) in [7, 11) is 0. The molecule has 0 saturated heterocycles. The summed E-state index contributed by atoms with van der Waals surface area (Å²) in [5.74, 6) is -0.286. The van der Waals surface area contributed by atoms with Gasteiger partial charge < -0.3 is 10.1 Å². The SMILES string of the molecule is CC(C)CCNC(=O)C(CC(=O)OC(C)(C)C)Cc1ccccc1. The van der Waals surface area contributed by atoms with Gasteiger partial charge in [-0.1, -0.05) is 44.2 Å². The van der Waals surface area contributed by atoms with Crippen molar-refractivity contribution in [2.45, 2.75) is 59.5 Å². The van der Waals surface area contributed by atoms with E-state index in [9.17, 15) is 9.59 Å². The summed E-state index contributed by atoms with van der Waals surface area (Å²) in [5, 5.41) is 2.96. The molecule has 0 fully saturated rings. The minimum absolute atomic E-state index is 0.0784. The maximum Gasteiger partial charge on any atom is 0.307 e. The minimum Gasteiger partial charge on any atom is -0.460 e. The number of rotatable bonds is 8. The number of esters is 1. The third-order valence-electron chi connectivity index (χ3n) is 3.55. The largest absolute Gasteiger partial charge is 0.460 e. The van der Waals surface area contributed by atoms with E-state index in [-0.39, 0.29) is 18.3 Å². The van der Waals surface area contributed by atoms with Gasteiger partial charge in [0, 0.05) is 6.54 Å². The molecule has 4 nitrogen and oxygen atoms in total. The Bertz CT molecular complexity index is 517. The number of hydrogen-bond donors (Lipinski definition) is 1. The highest BCUT2D eigenvalue weighted by Crippen LogP contribution is 2.17. The summed E-state index contributed by atoms with van der Waals surface area (Å²) < 4.78 is 5.38. The summed E-state index contributed by atoms with van der Waals surface area (Å²) in [4.78, 5) is 24.7. The van der Waals surface area contributed by atoms with Crippen molar-refractivity contribution < 1.29 is 14.3 Å². The Labute approximate surface area is 146 Å². The maximum atomic E-state index is 12.5. The first kappa shape index (κ1) is 20.2. The molecule has 0 aromatic heterocycles. The second-order valence-corrected chi connectivity index (χ2v) is 7.65. The smallest absolute Gasteiger partial charge is 0.307 e. The van der Waals surface area contributed by atoms with E-state index in [0.29, 0.717) is 18.9 Å². The predicted molar refractivity (Wildman–Crippen MR) is 96.6 cm³/mol. The van der Waals surface area contributed by atoms with Crippen LogP contribution in [-0.4, -0.2) is 24.0 Å². The fourth-order valence-corrected chi connectivity index (χ4v) is 2.37. The van der Waals surface area contributed by atoms with Gasteiger partial charge in [-0.05, 0) is 45.1 Å². The Hall–Kier alpha value is -1.84. The van der Waals surface area contributed by atoms with Crippen LogP contribution in [0.1, 0.15) is 53.0 Å². The van der Waals surface area contributed by atoms with E-state index in [4.69, 9.17) is 4.74 Å². The zero-order valence-corrected chi connectivity index (χ0v) is 15.6. The van der Waals surface area contributed by atoms with Gasteiger partial charge in [0.1, 0.15) is 5.60 Å². The zero-order chi connectivity index (χ0) is 18.2. The molecule has 0 bridgehead atoms. The molecule has 1 atom stereocenters. The molecule has 1 N–H and O–H groups in total. The third kappa shape index (κ3) is 8.70. The van der Waals surface area contributed by atoms with Crippen LogP contribution in [0.4, 0.5) is 0 Å². The highest BCUT2D eigenvalue weighted by Gasteiger charge is 2.25. The van der Waals surface area contributed by atoms with E-state index in [0.717, 1.165) is 12.0 Å². The van der Waals surface area contributed by atoms with Crippen molar-refractivity contribution in [2.24, 2.45) is 11.8 Å². The van der Waals surface area contributed by atoms with Crippen molar-refractivity contribution in [1.82, 2.24) is 5.32 Å². The standard InChI is InChI=1S/C20H31NO3/c1-15(2)11-12-21-19(23)17(13-16-9-7-6-8-10-16)14-18(22)24-20(3,4)5/h6-10,15,17H,11-14H2,1-5H3,(H,21,23). The fourth-order valence-electron chi connectivity index (χ4n) is 2.37. The molecular formula is C20H31NO3. The first-order valence-corrected chi connectivity index (χ1v) is 8.71. The van der Waals surface area contributed by atoms with Crippen LogP contribution in [0.3, 0.4) is 0 Å². The third-order valence-corrected chi connectivity index (χ3v) is 3.55. The molecule has 0 heterocycles. The Morgan fingerprint density at radius 2 is 1.75 bits per heavy atom. The van der Waals surface area contributed by atoms with Crippen molar-refractivity contribution in [3.05, 3.63) is 35.9 Å². The molecule has 1 aromatic rings. The highest BCUT2D eigenvalue weighted by molar-refractivity contribution is 5.84.